The fourth-order valence-electron chi connectivity index (χ4n) is 1.54. The van der Waals surface area contributed by atoms with Crippen molar-refractivity contribution in [3.8, 4) is 0 Å². The molecule has 1 rings (SSSR count). The summed E-state index contributed by atoms with van der Waals surface area (Å²) in [7, 11) is -5.28. The SMILES string of the molecule is Cc1ccccc1C[C@H](C)NS(=O)(=O)C(F)(F)F. The van der Waals surface area contributed by atoms with Crippen molar-refractivity contribution in [2.75, 3.05) is 0 Å². The van der Waals surface area contributed by atoms with Gasteiger partial charge in [0.05, 0.1) is 0 Å². The molecule has 0 aliphatic carbocycles. The molecule has 0 unspecified atom stereocenters. The lowest BCUT2D eigenvalue weighted by atomic mass is 10.0. The summed E-state index contributed by atoms with van der Waals surface area (Å²) in [6.07, 6.45) is 0.210. The van der Waals surface area contributed by atoms with Crippen molar-refractivity contribution in [1.82, 2.24) is 4.72 Å². The molecule has 102 valence electrons. The molecule has 1 aromatic carbocycles. The van der Waals surface area contributed by atoms with Gasteiger partial charge in [-0.25, -0.2) is 13.1 Å². The lowest BCUT2D eigenvalue weighted by Gasteiger charge is -2.16. The number of hydrogen-bond donors (Lipinski definition) is 1. The Kier molecular flexibility index (Phi) is 4.39. The monoisotopic (exact) mass is 281 g/mol. The highest BCUT2D eigenvalue weighted by Crippen LogP contribution is 2.22. The van der Waals surface area contributed by atoms with Crippen LogP contribution in [0.1, 0.15) is 18.1 Å². The molecular weight excluding hydrogens is 267 g/mol. The molecule has 1 atom stereocenters. The molecule has 0 fully saturated rings. The van der Waals surface area contributed by atoms with Gasteiger partial charge in [-0.05, 0) is 31.4 Å². The van der Waals surface area contributed by atoms with Gasteiger partial charge in [0.1, 0.15) is 0 Å². The number of benzene rings is 1. The molecule has 0 saturated carbocycles. The summed E-state index contributed by atoms with van der Waals surface area (Å²) in [5, 5.41) is 0. The summed E-state index contributed by atoms with van der Waals surface area (Å²) in [4.78, 5) is 0. The van der Waals surface area contributed by atoms with Gasteiger partial charge in [0, 0.05) is 6.04 Å². The first kappa shape index (κ1) is 15.0. The summed E-state index contributed by atoms with van der Waals surface area (Å²) >= 11 is 0. The number of sulfonamides is 1. The largest absolute Gasteiger partial charge is 0.511 e. The topological polar surface area (TPSA) is 46.2 Å². The van der Waals surface area contributed by atoms with Gasteiger partial charge in [-0.1, -0.05) is 24.3 Å². The van der Waals surface area contributed by atoms with Gasteiger partial charge in [0.2, 0.25) is 0 Å². The quantitative estimate of drug-likeness (QED) is 0.921. The highest BCUT2D eigenvalue weighted by Gasteiger charge is 2.46. The zero-order valence-corrected chi connectivity index (χ0v) is 10.8. The second kappa shape index (κ2) is 5.27. The molecule has 3 nitrogen and oxygen atoms in total. The number of alkyl halides is 3. The highest BCUT2D eigenvalue weighted by molar-refractivity contribution is 7.90. The van der Waals surface area contributed by atoms with Crippen LogP contribution >= 0.6 is 0 Å². The van der Waals surface area contributed by atoms with E-state index in [2.05, 4.69) is 0 Å². The van der Waals surface area contributed by atoms with Crippen LogP contribution in [-0.4, -0.2) is 20.0 Å². The minimum absolute atomic E-state index is 0.210. The number of hydrogen-bond acceptors (Lipinski definition) is 2. The van der Waals surface area contributed by atoms with Gasteiger partial charge in [-0.2, -0.15) is 13.2 Å². The van der Waals surface area contributed by atoms with Gasteiger partial charge in [-0.3, -0.25) is 0 Å². The van der Waals surface area contributed by atoms with E-state index < -0.39 is 21.6 Å². The third-order valence-electron chi connectivity index (χ3n) is 2.45. The van der Waals surface area contributed by atoms with E-state index in [1.807, 2.05) is 19.1 Å². The zero-order valence-electron chi connectivity index (χ0n) is 9.95. The summed E-state index contributed by atoms with van der Waals surface area (Å²) in [5.41, 5.74) is -3.54. The van der Waals surface area contributed by atoms with Crippen LogP contribution in [0.5, 0.6) is 0 Å². The minimum Gasteiger partial charge on any atom is -0.204 e. The zero-order chi connectivity index (χ0) is 14.0. The normalized spacial score (nSPS) is 14.5. The third kappa shape index (κ3) is 3.71. The molecule has 0 aliphatic rings. The molecule has 18 heavy (non-hydrogen) atoms. The van der Waals surface area contributed by atoms with Crippen molar-refractivity contribution in [1.29, 1.82) is 0 Å². The Hall–Kier alpha value is -1.08. The van der Waals surface area contributed by atoms with Crippen molar-refractivity contribution in [3.05, 3.63) is 35.4 Å². The van der Waals surface area contributed by atoms with E-state index in [4.69, 9.17) is 0 Å². The third-order valence-corrected chi connectivity index (χ3v) is 3.77. The Morgan fingerprint density at radius 3 is 2.33 bits per heavy atom. The molecule has 0 heterocycles. The van der Waals surface area contributed by atoms with E-state index in [1.54, 1.807) is 16.9 Å². The first-order chi connectivity index (χ1) is 8.13. The predicted octanol–water partition coefficient (Wildman–Crippen LogP) is 2.37. The summed E-state index contributed by atoms with van der Waals surface area (Å²) in [6, 6.07) is 6.32. The Bertz CT molecular complexity index is 511. The van der Waals surface area contributed by atoms with Crippen LogP contribution in [0.3, 0.4) is 0 Å². The van der Waals surface area contributed by atoms with E-state index in [0.29, 0.717) is 0 Å². The van der Waals surface area contributed by atoms with Gasteiger partial charge in [0.25, 0.3) is 0 Å². The summed E-state index contributed by atoms with van der Waals surface area (Å²) < 4.78 is 59.9. The average Bonchev–Trinajstić information content (AvgIpc) is 2.19. The van der Waals surface area contributed by atoms with Crippen molar-refractivity contribution >= 4 is 10.0 Å². The molecule has 0 amide bonds. The average molecular weight is 281 g/mol. The molecule has 0 saturated heterocycles. The highest BCUT2D eigenvalue weighted by atomic mass is 32.2. The molecule has 0 radical (unpaired) electrons. The second-order valence-corrected chi connectivity index (χ2v) is 5.80. The fraction of sp³-hybridized carbons (Fsp3) is 0.455. The van der Waals surface area contributed by atoms with Gasteiger partial charge >= 0.3 is 15.5 Å². The van der Waals surface area contributed by atoms with Crippen LogP contribution in [0.15, 0.2) is 24.3 Å². The Labute approximate surface area is 104 Å². The van der Waals surface area contributed by atoms with Gasteiger partial charge < -0.3 is 0 Å². The lowest BCUT2D eigenvalue weighted by Crippen LogP contribution is -2.42. The second-order valence-electron chi connectivity index (χ2n) is 4.10. The van der Waals surface area contributed by atoms with E-state index in [9.17, 15) is 21.6 Å². The van der Waals surface area contributed by atoms with E-state index in [0.717, 1.165) is 11.1 Å². The Morgan fingerprint density at radius 1 is 1.28 bits per heavy atom. The maximum atomic E-state index is 12.2. The maximum Gasteiger partial charge on any atom is 0.511 e. The predicted molar refractivity (Wildman–Crippen MR) is 62.5 cm³/mol. The van der Waals surface area contributed by atoms with E-state index in [-0.39, 0.29) is 6.42 Å². The molecule has 1 N–H and O–H groups in total. The Morgan fingerprint density at radius 2 is 1.83 bits per heavy atom. The van der Waals surface area contributed by atoms with Crippen molar-refractivity contribution in [3.63, 3.8) is 0 Å². The minimum atomic E-state index is -5.28. The van der Waals surface area contributed by atoms with Crippen LogP contribution in [0.2, 0.25) is 0 Å². The standard InChI is InChI=1S/C11H14F3NO2S/c1-8-5-3-4-6-10(8)7-9(2)15-18(16,17)11(12,13)14/h3-6,9,15H,7H2,1-2H3/t9-/m0/s1. The molecule has 0 spiro atoms. The molecule has 0 aromatic heterocycles. The molecule has 0 bridgehead atoms. The van der Waals surface area contributed by atoms with Gasteiger partial charge in [-0.15, -0.1) is 0 Å². The maximum absolute atomic E-state index is 12.2. The number of aryl methyl sites for hydroxylation is 1. The summed E-state index contributed by atoms with van der Waals surface area (Å²) in [5.74, 6) is 0. The lowest BCUT2D eigenvalue weighted by molar-refractivity contribution is -0.0450. The molecular formula is C11H14F3NO2S. The van der Waals surface area contributed by atoms with Gasteiger partial charge in [0.15, 0.2) is 0 Å². The van der Waals surface area contributed by atoms with Crippen LogP contribution in [0.25, 0.3) is 0 Å². The number of rotatable bonds is 4. The Balaban J connectivity index is 2.75. The van der Waals surface area contributed by atoms with Crippen molar-refractivity contribution < 1.29 is 21.6 Å². The van der Waals surface area contributed by atoms with E-state index in [1.165, 1.54) is 6.92 Å². The number of nitrogens with one attached hydrogen (secondary N) is 1. The fourth-order valence-corrected chi connectivity index (χ4v) is 2.29. The smallest absolute Gasteiger partial charge is 0.204 e. The van der Waals surface area contributed by atoms with Crippen LogP contribution in [0.4, 0.5) is 13.2 Å². The number of halogens is 3. The van der Waals surface area contributed by atoms with Crippen LogP contribution < -0.4 is 4.72 Å². The summed E-state index contributed by atoms with van der Waals surface area (Å²) in [6.45, 7) is 3.22. The first-order valence-electron chi connectivity index (χ1n) is 5.26. The van der Waals surface area contributed by atoms with Crippen LogP contribution in [0, 0.1) is 6.92 Å². The molecule has 7 heteroatoms. The molecule has 1 aromatic rings. The van der Waals surface area contributed by atoms with Crippen molar-refractivity contribution in [2.45, 2.75) is 31.8 Å². The first-order valence-corrected chi connectivity index (χ1v) is 6.75. The van der Waals surface area contributed by atoms with Crippen LogP contribution in [-0.2, 0) is 16.4 Å². The van der Waals surface area contributed by atoms with Crippen molar-refractivity contribution in [2.24, 2.45) is 0 Å². The molecule has 0 aliphatic heterocycles. The van der Waals surface area contributed by atoms with E-state index >= 15 is 0 Å².